The number of hydrogen-bond acceptors (Lipinski definition) is 2. The minimum atomic E-state index is 0.397. The number of nitrogens with zero attached hydrogens (tertiary/aromatic N) is 1. The van der Waals surface area contributed by atoms with Crippen molar-refractivity contribution < 1.29 is 0 Å². The van der Waals surface area contributed by atoms with E-state index in [0.29, 0.717) is 11.7 Å². The summed E-state index contributed by atoms with van der Waals surface area (Å²) < 4.78 is 0. The molecule has 0 saturated carbocycles. The average Bonchev–Trinajstić information content (AvgIpc) is 2.30. The van der Waals surface area contributed by atoms with E-state index in [9.17, 15) is 0 Å². The number of alkyl halides is 1. The first-order valence-electron chi connectivity index (χ1n) is 4.68. The standard InChI is InChI=1S/C12H11ClN2/c13-8-10-6-7-11(15-12(10)14)9-4-2-1-3-5-9/h1-7H,8H2,(H2,14,15). The van der Waals surface area contributed by atoms with Gasteiger partial charge in [-0.25, -0.2) is 4.98 Å². The lowest BCUT2D eigenvalue weighted by molar-refractivity contribution is 1.26. The molecule has 0 unspecified atom stereocenters. The molecule has 1 aromatic carbocycles. The van der Waals surface area contributed by atoms with E-state index < -0.39 is 0 Å². The molecule has 15 heavy (non-hydrogen) atoms. The van der Waals surface area contributed by atoms with Gasteiger partial charge in [0.2, 0.25) is 0 Å². The lowest BCUT2D eigenvalue weighted by Gasteiger charge is -2.04. The van der Waals surface area contributed by atoms with Gasteiger partial charge in [-0.2, -0.15) is 0 Å². The third-order valence-electron chi connectivity index (χ3n) is 2.23. The number of aromatic nitrogens is 1. The smallest absolute Gasteiger partial charge is 0.128 e. The fourth-order valence-electron chi connectivity index (χ4n) is 1.39. The molecule has 2 nitrogen and oxygen atoms in total. The van der Waals surface area contributed by atoms with Gasteiger partial charge in [0.1, 0.15) is 5.82 Å². The lowest BCUT2D eigenvalue weighted by Crippen LogP contribution is -1.97. The van der Waals surface area contributed by atoms with E-state index in [-0.39, 0.29) is 0 Å². The van der Waals surface area contributed by atoms with Crippen LogP contribution in [0.1, 0.15) is 5.56 Å². The van der Waals surface area contributed by atoms with Crippen LogP contribution in [-0.4, -0.2) is 4.98 Å². The van der Waals surface area contributed by atoms with Gasteiger partial charge in [0.15, 0.2) is 0 Å². The van der Waals surface area contributed by atoms with Crippen LogP contribution in [0.3, 0.4) is 0 Å². The molecule has 0 spiro atoms. The highest BCUT2D eigenvalue weighted by Gasteiger charge is 2.02. The van der Waals surface area contributed by atoms with Crippen LogP contribution >= 0.6 is 11.6 Å². The summed E-state index contributed by atoms with van der Waals surface area (Å²) in [6, 6.07) is 13.8. The number of halogens is 1. The maximum Gasteiger partial charge on any atom is 0.128 e. The Hall–Kier alpha value is -1.54. The molecule has 0 fully saturated rings. The minimum absolute atomic E-state index is 0.397. The van der Waals surface area contributed by atoms with E-state index in [2.05, 4.69) is 4.98 Å². The second-order valence-corrected chi connectivity index (χ2v) is 3.51. The molecular weight excluding hydrogens is 208 g/mol. The van der Waals surface area contributed by atoms with Gasteiger partial charge in [-0.3, -0.25) is 0 Å². The van der Waals surface area contributed by atoms with E-state index in [1.807, 2.05) is 42.5 Å². The summed E-state index contributed by atoms with van der Waals surface area (Å²) >= 11 is 5.71. The van der Waals surface area contributed by atoms with Crippen molar-refractivity contribution in [3.63, 3.8) is 0 Å². The van der Waals surface area contributed by atoms with Gasteiger partial charge in [0.05, 0.1) is 11.6 Å². The summed E-state index contributed by atoms with van der Waals surface area (Å²) in [4.78, 5) is 4.31. The van der Waals surface area contributed by atoms with Crippen LogP contribution in [0.5, 0.6) is 0 Å². The van der Waals surface area contributed by atoms with Gasteiger partial charge in [-0.1, -0.05) is 36.4 Å². The van der Waals surface area contributed by atoms with Gasteiger partial charge >= 0.3 is 0 Å². The Labute approximate surface area is 93.7 Å². The molecule has 0 atom stereocenters. The van der Waals surface area contributed by atoms with Crippen LogP contribution in [0.25, 0.3) is 11.3 Å². The van der Waals surface area contributed by atoms with Crippen molar-refractivity contribution in [2.24, 2.45) is 0 Å². The van der Waals surface area contributed by atoms with Crippen LogP contribution in [0.4, 0.5) is 5.82 Å². The molecule has 2 N–H and O–H groups in total. The zero-order valence-electron chi connectivity index (χ0n) is 8.15. The number of nitrogens with two attached hydrogens (primary N) is 1. The Morgan fingerprint density at radius 2 is 1.80 bits per heavy atom. The normalized spacial score (nSPS) is 10.2. The summed E-state index contributed by atoms with van der Waals surface area (Å²) in [5.74, 6) is 0.903. The van der Waals surface area contributed by atoms with Gasteiger partial charge < -0.3 is 5.73 Å². The van der Waals surface area contributed by atoms with Crippen molar-refractivity contribution in [3.05, 3.63) is 48.0 Å². The fourth-order valence-corrected chi connectivity index (χ4v) is 1.61. The van der Waals surface area contributed by atoms with Crippen molar-refractivity contribution in [3.8, 4) is 11.3 Å². The van der Waals surface area contributed by atoms with E-state index in [4.69, 9.17) is 17.3 Å². The van der Waals surface area contributed by atoms with Gasteiger partial charge in [0, 0.05) is 11.1 Å². The molecule has 0 aliphatic rings. The Bertz CT molecular complexity index is 454. The van der Waals surface area contributed by atoms with Gasteiger partial charge in [-0.05, 0) is 6.07 Å². The van der Waals surface area contributed by atoms with Crippen LogP contribution in [0.15, 0.2) is 42.5 Å². The molecule has 0 amide bonds. The number of pyridine rings is 1. The number of nitrogen functional groups attached to an aromatic ring is 1. The zero-order valence-corrected chi connectivity index (χ0v) is 8.91. The molecule has 0 radical (unpaired) electrons. The zero-order chi connectivity index (χ0) is 10.7. The number of rotatable bonds is 2. The third kappa shape index (κ3) is 2.10. The van der Waals surface area contributed by atoms with E-state index in [1.165, 1.54) is 0 Å². The summed E-state index contributed by atoms with van der Waals surface area (Å²) in [5, 5.41) is 0. The first-order chi connectivity index (χ1) is 7.31. The Balaban J connectivity index is 2.43. The summed E-state index contributed by atoms with van der Waals surface area (Å²) in [7, 11) is 0. The van der Waals surface area contributed by atoms with Crippen molar-refractivity contribution in [2.75, 3.05) is 5.73 Å². The highest BCUT2D eigenvalue weighted by molar-refractivity contribution is 6.17. The number of hydrogen-bond donors (Lipinski definition) is 1. The van der Waals surface area contributed by atoms with Crippen molar-refractivity contribution in [1.82, 2.24) is 4.98 Å². The molecule has 1 heterocycles. The first kappa shape index (κ1) is 9.99. The van der Waals surface area contributed by atoms with Gasteiger partial charge in [-0.15, -0.1) is 11.6 Å². The van der Waals surface area contributed by atoms with E-state index >= 15 is 0 Å². The maximum atomic E-state index is 5.77. The molecule has 0 saturated heterocycles. The molecule has 1 aromatic heterocycles. The monoisotopic (exact) mass is 218 g/mol. The molecule has 0 aliphatic carbocycles. The fraction of sp³-hybridized carbons (Fsp3) is 0.0833. The minimum Gasteiger partial charge on any atom is -0.383 e. The first-order valence-corrected chi connectivity index (χ1v) is 5.21. The maximum absolute atomic E-state index is 5.77. The third-order valence-corrected chi connectivity index (χ3v) is 2.51. The second-order valence-electron chi connectivity index (χ2n) is 3.24. The summed E-state index contributed by atoms with van der Waals surface area (Å²) in [5.41, 5.74) is 8.58. The largest absolute Gasteiger partial charge is 0.383 e. The number of benzene rings is 1. The van der Waals surface area contributed by atoms with Crippen LogP contribution in [0, 0.1) is 0 Å². The summed E-state index contributed by atoms with van der Waals surface area (Å²) in [6.45, 7) is 0. The van der Waals surface area contributed by atoms with Crippen LogP contribution in [-0.2, 0) is 5.88 Å². The Morgan fingerprint density at radius 1 is 1.07 bits per heavy atom. The average molecular weight is 219 g/mol. The Morgan fingerprint density at radius 3 is 2.40 bits per heavy atom. The molecular formula is C12H11ClN2. The molecule has 2 rings (SSSR count). The van der Waals surface area contributed by atoms with Crippen molar-refractivity contribution >= 4 is 17.4 Å². The quantitative estimate of drug-likeness (QED) is 0.787. The van der Waals surface area contributed by atoms with Crippen molar-refractivity contribution in [2.45, 2.75) is 5.88 Å². The molecule has 0 aliphatic heterocycles. The van der Waals surface area contributed by atoms with Crippen LogP contribution in [0.2, 0.25) is 0 Å². The predicted octanol–water partition coefficient (Wildman–Crippen LogP) is 3.07. The predicted molar refractivity (Wildman–Crippen MR) is 63.6 cm³/mol. The van der Waals surface area contributed by atoms with Crippen molar-refractivity contribution in [1.29, 1.82) is 0 Å². The highest BCUT2D eigenvalue weighted by Crippen LogP contribution is 2.20. The lowest BCUT2D eigenvalue weighted by atomic mass is 10.1. The Kier molecular flexibility index (Phi) is 2.88. The van der Waals surface area contributed by atoms with E-state index in [0.717, 1.165) is 16.8 Å². The van der Waals surface area contributed by atoms with E-state index in [1.54, 1.807) is 0 Å². The summed E-state index contributed by atoms with van der Waals surface area (Å²) in [6.07, 6.45) is 0. The van der Waals surface area contributed by atoms with Crippen LogP contribution < -0.4 is 5.73 Å². The van der Waals surface area contributed by atoms with Gasteiger partial charge in [0.25, 0.3) is 0 Å². The molecule has 0 bridgehead atoms. The molecule has 76 valence electrons. The molecule has 3 heteroatoms. The molecule has 2 aromatic rings. The topological polar surface area (TPSA) is 38.9 Å². The highest BCUT2D eigenvalue weighted by atomic mass is 35.5. The second kappa shape index (κ2) is 4.32. The SMILES string of the molecule is Nc1nc(-c2ccccc2)ccc1CCl. The number of anilines is 1.